The van der Waals surface area contributed by atoms with E-state index in [1.165, 1.54) is 14.0 Å². The molecule has 1 rings (SSSR count). The average Bonchev–Trinajstić information content (AvgIpc) is 2.36. The van der Waals surface area contributed by atoms with Gasteiger partial charge in [-0.25, -0.2) is 8.42 Å². The quantitative estimate of drug-likeness (QED) is 0.785. The Morgan fingerprint density at radius 1 is 1.22 bits per heavy atom. The molecule has 0 aliphatic heterocycles. The van der Waals surface area contributed by atoms with E-state index in [-0.39, 0.29) is 4.90 Å². The number of sulfone groups is 1. The third kappa shape index (κ3) is 2.72. The summed E-state index contributed by atoms with van der Waals surface area (Å²) in [5, 5.41) is -0.814. The summed E-state index contributed by atoms with van der Waals surface area (Å²) in [5.41, 5.74) is 0.682. The summed E-state index contributed by atoms with van der Waals surface area (Å²) >= 11 is 0. The van der Waals surface area contributed by atoms with E-state index in [9.17, 15) is 13.2 Å². The van der Waals surface area contributed by atoms with E-state index >= 15 is 0 Å². The first-order valence-corrected chi connectivity index (χ1v) is 7.24. The van der Waals surface area contributed by atoms with Gasteiger partial charge < -0.3 is 4.74 Å². The van der Waals surface area contributed by atoms with Gasteiger partial charge in [-0.2, -0.15) is 0 Å². The normalized spacial score (nSPS) is 14.9. The van der Waals surface area contributed by atoms with Gasteiger partial charge in [-0.3, -0.25) is 4.79 Å². The minimum atomic E-state index is -3.52. The van der Waals surface area contributed by atoms with Crippen LogP contribution in [0.5, 0.6) is 0 Å². The highest BCUT2D eigenvalue weighted by atomic mass is 32.2. The van der Waals surface area contributed by atoms with Crippen molar-refractivity contribution in [2.24, 2.45) is 5.92 Å². The van der Waals surface area contributed by atoms with E-state index < -0.39 is 27.0 Å². The molecule has 18 heavy (non-hydrogen) atoms. The minimum Gasteiger partial charge on any atom is -0.469 e. The SMILES string of the molecule is COC(=O)C(C)C(C)S(=O)(=O)c1ccccc1C. The maximum Gasteiger partial charge on any atom is 0.309 e. The maximum atomic E-state index is 12.4. The number of benzene rings is 1. The number of rotatable bonds is 4. The molecule has 2 atom stereocenters. The van der Waals surface area contributed by atoms with E-state index in [1.54, 1.807) is 38.1 Å². The van der Waals surface area contributed by atoms with E-state index in [0.29, 0.717) is 5.56 Å². The van der Waals surface area contributed by atoms with Crippen LogP contribution in [0.3, 0.4) is 0 Å². The van der Waals surface area contributed by atoms with Crippen LogP contribution < -0.4 is 0 Å². The van der Waals surface area contributed by atoms with Crippen molar-refractivity contribution < 1.29 is 17.9 Å². The number of carbonyl (C=O) groups is 1. The van der Waals surface area contributed by atoms with Crippen molar-refractivity contribution in [1.29, 1.82) is 0 Å². The molecule has 0 N–H and O–H groups in total. The smallest absolute Gasteiger partial charge is 0.309 e. The van der Waals surface area contributed by atoms with E-state index in [2.05, 4.69) is 4.74 Å². The molecule has 100 valence electrons. The first-order valence-electron chi connectivity index (χ1n) is 5.69. The molecular formula is C13H18O4S. The van der Waals surface area contributed by atoms with Crippen molar-refractivity contribution in [2.75, 3.05) is 7.11 Å². The summed E-state index contributed by atoms with van der Waals surface area (Å²) in [5.74, 6) is -1.21. The maximum absolute atomic E-state index is 12.4. The lowest BCUT2D eigenvalue weighted by molar-refractivity contribution is -0.144. The van der Waals surface area contributed by atoms with Gasteiger partial charge in [0, 0.05) is 0 Å². The summed E-state index contributed by atoms with van der Waals surface area (Å²) in [6.45, 7) is 4.83. The predicted molar refractivity (Wildman–Crippen MR) is 69.0 cm³/mol. The van der Waals surface area contributed by atoms with Gasteiger partial charge >= 0.3 is 5.97 Å². The number of hydrogen-bond donors (Lipinski definition) is 0. The molecule has 0 amide bonds. The van der Waals surface area contributed by atoms with E-state index in [0.717, 1.165) is 0 Å². The van der Waals surface area contributed by atoms with Crippen molar-refractivity contribution in [3.05, 3.63) is 29.8 Å². The van der Waals surface area contributed by atoms with Crippen LogP contribution in [0.4, 0.5) is 0 Å². The Morgan fingerprint density at radius 3 is 2.28 bits per heavy atom. The zero-order valence-electron chi connectivity index (χ0n) is 11.0. The van der Waals surface area contributed by atoms with Crippen LogP contribution in [0, 0.1) is 12.8 Å². The molecule has 0 aliphatic rings. The summed E-state index contributed by atoms with van der Waals surface area (Å²) in [7, 11) is -2.27. The van der Waals surface area contributed by atoms with Crippen LogP contribution in [0.15, 0.2) is 29.2 Å². The highest BCUT2D eigenvalue weighted by Gasteiger charge is 2.33. The van der Waals surface area contributed by atoms with Gasteiger partial charge in [-0.15, -0.1) is 0 Å². The second kappa shape index (κ2) is 5.52. The first kappa shape index (κ1) is 14.7. The minimum absolute atomic E-state index is 0.272. The second-order valence-electron chi connectivity index (χ2n) is 4.33. The summed E-state index contributed by atoms with van der Waals surface area (Å²) in [6.07, 6.45) is 0. The fourth-order valence-electron chi connectivity index (χ4n) is 1.72. The molecule has 0 radical (unpaired) electrons. The Bertz CT molecular complexity index is 534. The molecule has 0 bridgehead atoms. The lowest BCUT2D eigenvalue weighted by atomic mass is 10.1. The first-order chi connectivity index (χ1) is 8.32. The van der Waals surface area contributed by atoms with Crippen LogP contribution in [0.1, 0.15) is 19.4 Å². The monoisotopic (exact) mass is 270 g/mol. The topological polar surface area (TPSA) is 60.4 Å². The number of aryl methyl sites for hydroxylation is 1. The standard InChI is InChI=1S/C13H18O4S/c1-9-7-5-6-8-12(9)18(15,16)11(3)10(2)13(14)17-4/h5-8,10-11H,1-4H3. The molecule has 1 aromatic carbocycles. The van der Waals surface area contributed by atoms with Crippen molar-refractivity contribution >= 4 is 15.8 Å². The zero-order chi connectivity index (χ0) is 13.9. The van der Waals surface area contributed by atoms with Gasteiger partial charge in [-0.1, -0.05) is 25.1 Å². The average molecular weight is 270 g/mol. The van der Waals surface area contributed by atoms with Crippen LogP contribution >= 0.6 is 0 Å². The Hall–Kier alpha value is -1.36. The lowest BCUT2D eigenvalue weighted by Gasteiger charge is -2.19. The summed E-state index contributed by atoms with van der Waals surface area (Å²) in [6, 6.07) is 6.76. The summed E-state index contributed by atoms with van der Waals surface area (Å²) in [4.78, 5) is 11.7. The van der Waals surface area contributed by atoms with Gasteiger partial charge in [0.2, 0.25) is 0 Å². The predicted octanol–water partition coefficient (Wildman–Crippen LogP) is 1.97. The molecule has 0 heterocycles. The van der Waals surface area contributed by atoms with Crippen LogP contribution in [-0.4, -0.2) is 26.7 Å². The summed E-state index contributed by atoms with van der Waals surface area (Å²) < 4.78 is 29.4. The molecule has 0 saturated carbocycles. The van der Waals surface area contributed by atoms with Gasteiger partial charge in [0.1, 0.15) is 0 Å². The van der Waals surface area contributed by atoms with Gasteiger partial charge in [0.15, 0.2) is 9.84 Å². The number of hydrogen-bond acceptors (Lipinski definition) is 4. The van der Waals surface area contributed by atoms with Crippen molar-refractivity contribution in [3.8, 4) is 0 Å². The zero-order valence-corrected chi connectivity index (χ0v) is 11.8. The Labute approximate surface area is 108 Å². The van der Waals surface area contributed by atoms with Gasteiger partial charge in [0.25, 0.3) is 0 Å². The highest BCUT2D eigenvalue weighted by molar-refractivity contribution is 7.92. The molecule has 0 spiro atoms. The molecule has 0 fully saturated rings. The molecule has 1 aromatic rings. The fourth-order valence-corrected chi connectivity index (χ4v) is 3.56. The molecule has 5 heteroatoms. The third-order valence-electron chi connectivity index (χ3n) is 3.17. The van der Waals surface area contributed by atoms with Crippen molar-refractivity contribution in [3.63, 3.8) is 0 Å². The lowest BCUT2D eigenvalue weighted by Crippen LogP contribution is -2.31. The molecule has 0 aliphatic carbocycles. The highest BCUT2D eigenvalue weighted by Crippen LogP contribution is 2.24. The van der Waals surface area contributed by atoms with Crippen LogP contribution in [-0.2, 0) is 19.4 Å². The van der Waals surface area contributed by atoms with Crippen LogP contribution in [0.2, 0.25) is 0 Å². The van der Waals surface area contributed by atoms with Gasteiger partial charge in [0.05, 0.1) is 23.2 Å². The Morgan fingerprint density at radius 2 is 1.78 bits per heavy atom. The van der Waals surface area contributed by atoms with Crippen molar-refractivity contribution in [2.45, 2.75) is 30.9 Å². The fraction of sp³-hybridized carbons (Fsp3) is 0.462. The Balaban J connectivity index is 3.16. The molecule has 0 aromatic heterocycles. The van der Waals surface area contributed by atoms with Crippen molar-refractivity contribution in [1.82, 2.24) is 0 Å². The number of ether oxygens (including phenoxy) is 1. The van der Waals surface area contributed by atoms with E-state index in [1.807, 2.05) is 0 Å². The third-order valence-corrected chi connectivity index (χ3v) is 5.62. The molecule has 2 unspecified atom stereocenters. The van der Waals surface area contributed by atoms with Gasteiger partial charge in [-0.05, 0) is 25.5 Å². The molecule has 4 nitrogen and oxygen atoms in total. The second-order valence-corrected chi connectivity index (χ2v) is 6.60. The Kier molecular flexibility index (Phi) is 4.51. The number of esters is 1. The van der Waals surface area contributed by atoms with E-state index in [4.69, 9.17) is 0 Å². The number of methoxy groups -OCH3 is 1. The largest absolute Gasteiger partial charge is 0.469 e. The van der Waals surface area contributed by atoms with Crippen LogP contribution in [0.25, 0.3) is 0 Å². The number of carbonyl (C=O) groups excluding carboxylic acids is 1. The molecule has 0 saturated heterocycles. The molecular weight excluding hydrogens is 252 g/mol.